The van der Waals surface area contributed by atoms with Crippen LogP contribution in [0.2, 0.25) is 0 Å². The smallest absolute Gasteiger partial charge is 0.357 e. The summed E-state index contributed by atoms with van der Waals surface area (Å²) in [6, 6.07) is 3.67. The minimum atomic E-state index is -0.547. The number of esters is 1. The lowest BCUT2D eigenvalue weighted by Gasteiger charge is -2.24. The summed E-state index contributed by atoms with van der Waals surface area (Å²) in [5.41, 5.74) is 6.45. The molecule has 0 unspecified atom stereocenters. The fourth-order valence-electron chi connectivity index (χ4n) is 1.78. The largest absolute Gasteiger partial charge is 0.455 e. The zero-order valence-corrected chi connectivity index (χ0v) is 12.1. The van der Waals surface area contributed by atoms with Gasteiger partial charge in [-0.25, -0.2) is 9.78 Å². The summed E-state index contributed by atoms with van der Waals surface area (Å²) in [6.45, 7) is 6.35. The van der Waals surface area contributed by atoms with E-state index in [0.29, 0.717) is 18.7 Å². The number of carbonyl (C=O) groups is 1. The number of hydrogen-bond acceptors (Lipinski definition) is 4. The molecule has 0 amide bonds. The molecule has 0 aromatic carbocycles. The first-order chi connectivity index (χ1) is 8.98. The van der Waals surface area contributed by atoms with Gasteiger partial charge in [-0.1, -0.05) is 19.4 Å². The summed E-state index contributed by atoms with van der Waals surface area (Å²) < 4.78 is 5.40. The second kappa shape index (κ2) is 7.24. The summed E-state index contributed by atoms with van der Waals surface area (Å²) >= 11 is 0. The van der Waals surface area contributed by atoms with Gasteiger partial charge in [0.2, 0.25) is 0 Å². The van der Waals surface area contributed by atoms with Crippen LogP contribution in [0.1, 0.15) is 56.1 Å². The monoisotopic (exact) mass is 264 g/mol. The van der Waals surface area contributed by atoms with E-state index < -0.39 is 5.60 Å². The van der Waals surface area contributed by atoms with Crippen molar-refractivity contribution in [3.8, 4) is 0 Å². The van der Waals surface area contributed by atoms with E-state index in [1.54, 1.807) is 12.3 Å². The van der Waals surface area contributed by atoms with E-state index in [9.17, 15) is 4.79 Å². The zero-order chi connectivity index (χ0) is 14.3. The fourth-order valence-corrected chi connectivity index (χ4v) is 1.78. The average Bonchev–Trinajstić information content (AvgIpc) is 2.36. The first-order valence-electron chi connectivity index (χ1n) is 6.87. The summed E-state index contributed by atoms with van der Waals surface area (Å²) in [5, 5.41) is 0. The number of rotatable bonds is 7. The Morgan fingerprint density at radius 1 is 1.42 bits per heavy atom. The molecule has 1 aromatic heterocycles. The van der Waals surface area contributed by atoms with Gasteiger partial charge in [0, 0.05) is 6.20 Å². The van der Waals surface area contributed by atoms with Crippen molar-refractivity contribution in [2.75, 3.05) is 6.54 Å². The van der Waals surface area contributed by atoms with Gasteiger partial charge in [0.05, 0.1) is 0 Å². The van der Waals surface area contributed by atoms with Crippen LogP contribution in [0, 0.1) is 0 Å². The molecule has 4 nitrogen and oxygen atoms in total. The van der Waals surface area contributed by atoms with E-state index in [4.69, 9.17) is 10.5 Å². The van der Waals surface area contributed by atoms with Crippen LogP contribution in [0.15, 0.2) is 18.3 Å². The Hall–Kier alpha value is -1.42. The third-order valence-corrected chi connectivity index (χ3v) is 2.97. The molecule has 0 spiro atoms. The molecule has 1 heterocycles. The number of nitrogens with zero attached hydrogens (tertiary/aromatic N) is 1. The van der Waals surface area contributed by atoms with Crippen LogP contribution in [0.5, 0.6) is 0 Å². The number of nitrogens with two attached hydrogens (primary N) is 1. The van der Waals surface area contributed by atoms with Gasteiger partial charge in [-0.15, -0.1) is 0 Å². The van der Waals surface area contributed by atoms with Gasteiger partial charge in [-0.3, -0.25) is 0 Å². The van der Waals surface area contributed by atoms with Crippen molar-refractivity contribution in [2.24, 2.45) is 5.73 Å². The molecule has 0 aliphatic heterocycles. The minimum Gasteiger partial charge on any atom is -0.455 e. The van der Waals surface area contributed by atoms with Crippen molar-refractivity contribution >= 4 is 5.97 Å². The highest BCUT2D eigenvalue weighted by molar-refractivity contribution is 5.87. The fraction of sp³-hybridized carbons (Fsp3) is 0.600. The molecule has 0 saturated heterocycles. The molecule has 19 heavy (non-hydrogen) atoms. The molecule has 0 atom stereocenters. The molecule has 1 aromatic rings. The Morgan fingerprint density at radius 3 is 2.68 bits per heavy atom. The Labute approximate surface area is 115 Å². The van der Waals surface area contributed by atoms with Crippen molar-refractivity contribution in [1.82, 2.24) is 4.98 Å². The van der Waals surface area contributed by atoms with Gasteiger partial charge < -0.3 is 10.5 Å². The number of pyridine rings is 1. The maximum atomic E-state index is 11.9. The van der Waals surface area contributed by atoms with E-state index in [1.165, 1.54) is 0 Å². The number of ether oxygens (including phenoxy) is 1. The van der Waals surface area contributed by atoms with Crippen LogP contribution in [-0.4, -0.2) is 23.1 Å². The maximum absolute atomic E-state index is 11.9. The lowest BCUT2D eigenvalue weighted by Crippen LogP contribution is -2.31. The molecular weight excluding hydrogens is 240 g/mol. The number of aryl methyl sites for hydroxylation is 1. The highest BCUT2D eigenvalue weighted by atomic mass is 16.6. The highest BCUT2D eigenvalue weighted by Gasteiger charge is 2.23. The van der Waals surface area contributed by atoms with Crippen LogP contribution in [0.25, 0.3) is 0 Å². The predicted molar refractivity (Wildman–Crippen MR) is 76.0 cm³/mol. The number of unbranched alkanes of at least 4 members (excludes halogenated alkanes) is 1. The van der Waals surface area contributed by atoms with Gasteiger partial charge in [0.25, 0.3) is 0 Å². The van der Waals surface area contributed by atoms with E-state index >= 15 is 0 Å². The quantitative estimate of drug-likeness (QED) is 0.769. The first-order valence-corrected chi connectivity index (χ1v) is 6.87. The van der Waals surface area contributed by atoms with Gasteiger partial charge >= 0.3 is 5.97 Å². The molecule has 0 radical (unpaired) electrons. The third kappa shape index (κ3) is 5.39. The standard InChI is InChI=1S/C15H24N2O2/c1-4-5-6-12-7-8-13(17-11-12)14(18)19-15(2,3)9-10-16/h7-8,11H,4-6,9-10,16H2,1-3H3. The molecule has 1 rings (SSSR count). The van der Waals surface area contributed by atoms with Crippen LogP contribution in [0.3, 0.4) is 0 Å². The summed E-state index contributed by atoms with van der Waals surface area (Å²) in [4.78, 5) is 16.1. The zero-order valence-electron chi connectivity index (χ0n) is 12.1. The van der Waals surface area contributed by atoms with Gasteiger partial charge in [-0.2, -0.15) is 0 Å². The van der Waals surface area contributed by atoms with Crippen LogP contribution in [0.4, 0.5) is 0 Å². The van der Waals surface area contributed by atoms with Crippen molar-refractivity contribution < 1.29 is 9.53 Å². The second-order valence-electron chi connectivity index (χ2n) is 5.34. The lowest BCUT2D eigenvalue weighted by molar-refractivity contribution is -0.00400. The average molecular weight is 264 g/mol. The summed E-state index contributed by atoms with van der Waals surface area (Å²) in [7, 11) is 0. The molecule has 4 heteroatoms. The highest BCUT2D eigenvalue weighted by Crippen LogP contribution is 2.16. The Kier molecular flexibility index (Phi) is 5.96. The van der Waals surface area contributed by atoms with E-state index in [0.717, 1.165) is 24.8 Å². The Balaban J connectivity index is 2.62. The van der Waals surface area contributed by atoms with E-state index in [-0.39, 0.29) is 5.97 Å². The summed E-state index contributed by atoms with van der Waals surface area (Å²) in [6.07, 6.45) is 5.67. The first kappa shape index (κ1) is 15.6. The SMILES string of the molecule is CCCCc1ccc(C(=O)OC(C)(C)CCN)nc1. The Bertz CT molecular complexity index is 399. The Morgan fingerprint density at radius 2 is 2.16 bits per heavy atom. The van der Waals surface area contributed by atoms with E-state index in [1.807, 2.05) is 19.9 Å². The molecule has 0 bridgehead atoms. The van der Waals surface area contributed by atoms with Crippen molar-refractivity contribution in [2.45, 2.75) is 52.1 Å². The van der Waals surface area contributed by atoms with Gasteiger partial charge in [-0.05, 0) is 51.3 Å². The van der Waals surface area contributed by atoms with Crippen LogP contribution < -0.4 is 5.73 Å². The van der Waals surface area contributed by atoms with Crippen LogP contribution in [-0.2, 0) is 11.2 Å². The normalized spacial score (nSPS) is 11.4. The number of aromatic nitrogens is 1. The lowest BCUT2D eigenvalue weighted by atomic mass is 10.1. The summed E-state index contributed by atoms with van der Waals surface area (Å²) in [5.74, 6) is -0.388. The second-order valence-corrected chi connectivity index (χ2v) is 5.34. The molecule has 2 N–H and O–H groups in total. The number of hydrogen-bond donors (Lipinski definition) is 1. The molecule has 0 fully saturated rings. The van der Waals surface area contributed by atoms with Crippen molar-refractivity contribution in [3.05, 3.63) is 29.6 Å². The van der Waals surface area contributed by atoms with E-state index in [2.05, 4.69) is 11.9 Å². The minimum absolute atomic E-state index is 0.352. The molecule has 0 saturated carbocycles. The number of carbonyl (C=O) groups excluding carboxylic acids is 1. The predicted octanol–water partition coefficient (Wildman–Crippen LogP) is 2.71. The molecule has 0 aliphatic carbocycles. The van der Waals surface area contributed by atoms with Crippen molar-refractivity contribution in [3.63, 3.8) is 0 Å². The van der Waals surface area contributed by atoms with Crippen LogP contribution >= 0.6 is 0 Å². The topological polar surface area (TPSA) is 65.2 Å². The molecular formula is C15H24N2O2. The van der Waals surface area contributed by atoms with Gasteiger partial charge in [0.15, 0.2) is 0 Å². The van der Waals surface area contributed by atoms with Gasteiger partial charge in [0.1, 0.15) is 11.3 Å². The van der Waals surface area contributed by atoms with Crippen molar-refractivity contribution in [1.29, 1.82) is 0 Å². The molecule has 106 valence electrons. The maximum Gasteiger partial charge on any atom is 0.357 e. The third-order valence-electron chi connectivity index (χ3n) is 2.97. The molecule has 0 aliphatic rings.